The van der Waals surface area contributed by atoms with Gasteiger partial charge in [-0.1, -0.05) is 72.2 Å². The van der Waals surface area contributed by atoms with E-state index < -0.39 is 52.2 Å². The second-order valence-corrected chi connectivity index (χ2v) is 20.5. The number of ether oxygens (including phenoxy) is 3. The molecule has 6 rings (SSSR count). The van der Waals surface area contributed by atoms with E-state index in [4.69, 9.17) is 25.8 Å². The molecule has 352 valence electrons. The van der Waals surface area contributed by atoms with E-state index in [1.807, 2.05) is 79.7 Å². The average molecular weight is 943 g/mol. The zero-order valence-electron chi connectivity index (χ0n) is 38.9. The first-order chi connectivity index (χ1) is 31.1. The molecule has 0 unspecified atom stereocenters. The lowest BCUT2D eigenvalue weighted by Crippen LogP contribution is -2.74. The van der Waals surface area contributed by atoms with E-state index in [-0.39, 0.29) is 44.2 Å². The molecule has 1 saturated heterocycles. The SMILES string of the molecule is Cc1ncsc1-c1ccc(N(C)NC(=O)[C@@H]2C[C@@H](O)CN2C(=O)[C@@H](NC(=O)COCCCOc2ccc(C(=O)NC3C(C)(C)C(Oc4ccc(C#N)c(Cl)c4)C3(C)C)cc2)C(C)(C)C)cc1. The number of β-amino-alcohol motifs (C(OH)–C–C–N with tert-alkyl or cyclic N) is 1. The Kier molecular flexibility index (Phi) is 15.4. The van der Waals surface area contributed by atoms with Crippen molar-refractivity contribution in [1.82, 2.24) is 25.9 Å². The van der Waals surface area contributed by atoms with E-state index in [1.54, 1.807) is 71.4 Å². The van der Waals surface area contributed by atoms with Crippen molar-refractivity contribution in [3.8, 4) is 28.0 Å². The number of nitrogens with zero attached hydrogens (tertiary/aromatic N) is 4. The molecule has 1 saturated carbocycles. The molecule has 2 heterocycles. The number of halogens is 1. The smallest absolute Gasteiger partial charge is 0.261 e. The lowest BCUT2D eigenvalue weighted by molar-refractivity contribution is -0.164. The van der Waals surface area contributed by atoms with Crippen LogP contribution in [0.3, 0.4) is 0 Å². The molecule has 4 amide bonds. The summed E-state index contributed by atoms with van der Waals surface area (Å²) in [5.74, 6) is -0.521. The fraction of sp³-hybridized carbons (Fsp3) is 0.469. The lowest BCUT2D eigenvalue weighted by Gasteiger charge is -2.63. The molecule has 0 spiro atoms. The molecule has 1 aliphatic heterocycles. The highest BCUT2D eigenvalue weighted by atomic mass is 35.5. The van der Waals surface area contributed by atoms with Crippen molar-refractivity contribution in [1.29, 1.82) is 5.26 Å². The zero-order valence-corrected chi connectivity index (χ0v) is 40.5. The molecule has 0 radical (unpaired) electrons. The number of benzene rings is 3. The Hall–Kier alpha value is -5.73. The molecule has 2 aliphatic rings. The number of hydrogen-bond acceptors (Lipinski definition) is 12. The van der Waals surface area contributed by atoms with E-state index in [0.29, 0.717) is 40.7 Å². The molecular formula is C49H60ClN7O8S. The van der Waals surface area contributed by atoms with Crippen LogP contribution in [-0.2, 0) is 19.1 Å². The normalized spacial score (nSPS) is 20.0. The number of aromatic nitrogens is 1. The molecule has 4 N–H and O–H groups in total. The quantitative estimate of drug-likeness (QED) is 0.0650. The predicted octanol–water partition coefficient (Wildman–Crippen LogP) is 6.70. The number of aryl methyl sites for hydroxylation is 1. The zero-order chi connectivity index (χ0) is 48.1. The summed E-state index contributed by atoms with van der Waals surface area (Å²) in [5, 5.41) is 27.7. The summed E-state index contributed by atoms with van der Waals surface area (Å²) in [7, 11) is 1.70. The van der Waals surface area contributed by atoms with Gasteiger partial charge in [-0.15, -0.1) is 11.3 Å². The number of hydrogen-bond donors (Lipinski definition) is 4. The Labute approximate surface area is 395 Å². The van der Waals surface area contributed by atoms with Crippen molar-refractivity contribution in [2.45, 2.75) is 98.6 Å². The Bertz CT molecular complexity index is 2410. The summed E-state index contributed by atoms with van der Waals surface area (Å²) in [6.07, 6.45) is -0.619. The number of carbonyl (C=O) groups excluding carboxylic acids is 4. The molecule has 4 aromatic rings. The summed E-state index contributed by atoms with van der Waals surface area (Å²) >= 11 is 7.79. The maximum absolute atomic E-state index is 14.0. The van der Waals surface area contributed by atoms with Gasteiger partial charge in [-0.3, -0.25) is 29.6 Å². The van der Waals surface area contributed by atoms with Crippen molar-refractivity contribution in [3.63, 3.8) is 0 Å². The van der Waals surface area contributed by atoms with E-state index in [0.717, 1.165) is 21.8 Å². The average Bonchev–Trinajstić information content (AvgIpc) is 3.89. The van der Waals surface area contributed by atoms with Crippen molar-refractivity contribution in [3.05, 3.63) is 94.1 Å². The number of hydrazine groups is 1. The molecular weight excluding hydrogens is 882 g/mol. The van der Waals surface area contributed by atoms with Gasteiger partial charge in [-0.2, -0.15) is 5.26 Å². The molecule has 1 aromatic heterocycles. The Morgan fingerprint density at radius 2 is 1.68 bits per heavy atom. The molecule has 3 atom stereocenters. The first kappa shape index (κ1) is 49.7. The van der Waals surface area contributed by atoms with Gasteiger partial charge >= 0.3 is 0 Å². The van der Waals surface area contributed by atoms with Crippen LogP contribution in [0.15, 0.2) is 72.2 Å². The number of amides is 4. The van der Waals surface area contributed by atoms with Gasteiger partial charge < -0.3 is 34.9 Å². The van der Waals surface area contributed by atoms with Gasteiger partial charge in [0.25, 0.3) is 11.8 Å². The number of nitriles is 1. The summed E-state index contributed by atoms with van der Waals surface area (Å²) in [6, 6.07) is 19.4. The molecule has 17 heteroatoms. The fourth-order valence-corrected chi connectivity index (χ4v) is 10.1. The van der Waals surface area contributed by atoms with Gasteiger partial charge in [0.15, 0.2) is 0 Å². The number of anilines is 1. The number of carbonyl (C=O) groups is 4. The second-order valence-electron chi connectivity index (χ2n) is 19.2. The van der Waals surface area contributed by atoms with Gasteiger partial charge in [0, 0.05) is 54.9 Å². The second kappa shape index (κ2) is 20.4. The van der Waals surface area contributed by atoms with Crippen LogP contribution >= 0.6 is 22.9 Å². The van der Waals surface area contributed by atoms with Crippen LogP contribution in [-0.4, -0.2) is 102 Å². The number of rotatable bonds is 17. The highest BCUT2D eigenvalue weighted by molar-refractivity contribution is 7.13. The fourth-order valence-electron chi connectivity index (χ4n) is 9.07. The van der Waals surface area contributed by atoms with Crippen molar-refractivity contribution < 1.29 is 38.5 Å². The third kappa shape index (κ3) is 11.3. The molecule has 3 aromatic carbocycles. The van der Waals surface area contributed by atoms with Gasteiger partial charge in [0.1, 0.15) is 42.4 Å². The number of aliphatic hydroxyl groups is 1. The first-order valence-corrected chi connectivity index (χ1v) is 23.2. The van der Waals surface area contributed by atoms with Crippen molar-refractivity contribution in [2.24, 2.45) is 16.2 Å². The highest BCUT2D eigenvalue weighted by Crippen LogP contribution is 2.55. The van der Waals surface area contributed by atoms with Crippen molar-refractivity contribution >= 4 is 52.3 Å². The predicted molar refractivity (Wildman–Crippen MR) is 253 cm³/mol. The summed E-state index contributed by atoms with van der Waals surface area (Å²) < 4.78 is 17.8. The number of likely N-dealkylation sites (tertiary alicyclic amines) is 1. The largest absolute Gasteiger partial charge is 0.494 e. The van der Waals surface area contributed by atoms with Crippen LogP contribution in [0.4, 0.5) is 5.69 Å². The van der Waals surface area contributed by atoms with Gasteiger partial charge in [-0.25, -0.2) is 4.98 Å². The minimum absolute atomic E-state index is 0.0503. The third-order valence-electron chi connectivity index (χ3n) is 12.3. The maximum Gasteiger partial charge on any atom is 0.261 e. The Morgan fingerprint density at radius 3 is 2.29 bits per heavy atom. The summed E-state index contributed by atoms with van der Waals surface area (Å²) in [5.41, 5.74) is 6.63. The summed E-state index contributed by atoms with van der Waals surface area (Å²) in [4.78, 5) is 60.8. The van der Waals surface area contributed by atoms with Crippen LogP contribution in [0.5, 0.6) is 11.5 Å². The minimum Gasteiger partial charge on any atom is -0.494 e. The Morgan fingerprint density at radius 1 is 1.02 bits per heavy atom. The van der Waals surface area contributed by atoms with Crippen LogP contribution in [0, 0.1) is 34.5 Å². The van der Waals surface area contributed by atoms with Crippen LogP contribution < -0.4 is 30.5 Å². The molecule has 1 aliphatic carbocycles. The topological polar surface area (TPSA) is 195 Å². The van der Waals surface area contributed by atoms with E-state index in [1.165, 1.54) is 4.90 Å². The van der Waals surface area contributed by atoms with Gasteiger partial charge in [0.05, 0.1) is 51.7 Å². The first-order valence-electron chi connectivity index (χ1n) is 21.9. The van der Waals surface area contributed by atoms with E-state index >= 15 is 0 Å². The molecule has 15 nitrogen and oxygen atoms in total. The van der Waals surface area contributed by atoms with Gasteiger partial charge in [0.2, 0.25) is 11.8 Å². The minimum atomic E-state index is -0.999. The Balaban J connectivity index is 0.925. The third-order valence-corrected chi connectivity index (χ3v) is 13.6. The van der Waals surface area contributed by atoms with E-state index in [2.05, 4.69) is 27.1 Å². The molecule has 66 heavy (non-hydrogen) atoms. The maximum atomic E-state index is 14.0. The van der Waals surface area contributed by atoms with E-state index in [9.17, 15) is 29.5 Å². The van der Waals surface area contributed by atoms with Crippen molar-refractivity contribution in [2.75, 3.05) is 38.4 Å². The standard InChI is InChI=1S/C49H60ClN7O8S/c1-29-40(66-28-52-29)30-11-16-33(17-12-30)56(9)55-43(61)38-23-34(58)26-57(38)44(62)41(47(2,3)4)53-39(59)27-63-21-10-22-64-35-18-13-31(14-19-35)42(60)54-45-48(5,6)46(49(45,7)8)65-36-20-15-32(25-51)37(50)24-36/h11-20,24,28,34,38,41,45-46,58H,10,21-23,26-27H2,1-9H3,(H,53,59)(H,54,60)(H,55,61)/t34-,38+,41-,45?,46?/m1/s1. The number of thiazole rings is 1. The highest BCUT2D eigenvalue weighted by Gasteiger charge is 2.64. The van der Waals surface area contributed by atoms with Crippen LogP contribution in [0.2, 0.25) is 5.02 Å². The summed E-state index contributed by atoms with van der Waals surface area (Å²) in [6.45, 7) is 15.7. The molecule has 0 bridgehead atoms. The van der Waals surface area contributed by atoms with Gasteiger partial charge in [-0.05, 0) is 66.4 Å². The number of nitrogens with one attached hydrogen (secondary N) is 3. The van der Waals surface area contributed by atoms with Crippen LogP contribution in [0.1, 0.15) is 82.9 Å². The lowest BCUT2D eigenvalue weighted by atomic mass is 9.49. The number of aliphatic hydroxyl groups excluding tert-OH is 1. The van der Waals surface area contributed by atoms with Crippen LogP contribution in [0.25, 0.3) is 10.4 Å². The molecule has 2 fully saturated rings. The monoisotopic (exact) mass is 941 g/mol.